The average molecular weight is 351 g/mol. The lowest BCUT2D eigenvalue weighted by molar-refractivity contribution is -0.124. The third-order valence-corrected chi connectivity index (χ3v) is 4.39. The van der Waals surface area contributed by atoms with Gasteiger partial charge in [0.1, 0.15) is 0 Å². The second-order valence-electron chi connectivity index (χ2n) is 5.48. The molecule has 0 aliphatic heterocycles. The Hall–Kier alpha value is -1.55. The van der Waals surface area contributed by atoms with Gasteiger partial charge < -0.3 is 10.6 Å². The summed E-state index contributed by atoms with van der Waals surface area (Å²) in [6.45, 7) is 2.51. The van der Waals surface area contributed by atoms with Gasteiger partial charge in [0.15, 0.2) is 0 Å². The van der Waals surface area contributed by atoms with Crippen LogP contribution in [0.15, 0.2) is 48.5 Å². The van der Waals surface area contributed by atoms with E-state index >= 15 is 0 Å². The Balaban J connectivity index is 2.32. The molecule has 0 bridgehead atoms. The zero-order chi connectivity index (χ0) is 16.8. The highest BCUT2D eigenvalue weighted by atomic mass is 35.5. The summed E-state index contributed by atoms with van der Waals surface area (Å²) >= 11 is 12.1. The zero-order valence-electron chi connectivity index (χ0n) is 13.1. The van der Waals surface area contributed by atoms with Crippen LogP contribution in [0, 0.1) is 5.92 Å². The van der Waals surface area contributed by atoms with E-state index in [0.29, 0.717) is 16.6 Å². The highest BCUT2D eigenvalue weighted by Crippen LogP contribution is 2.29. The lowest BCUT2D eigenvalue weighted by Crippen LogP contribution is -2.37. The zero-order valence-corrected chi connectivity index (χ0v) is 14.7. The predicted molar refractivity (Wildman–Crippen MR) is 96.0 cm³/mol. The van der Waals surface area contributed by atoms with Crippen LogP contribution in [0.5, 0.6) is 0 Å². The number of halogens is 2. The van der Waals surface area contributed by atoms with Crippen molar-refractivity contribution >= 4 is 29.1 Å². The smallest absolute Gasteiger partial charge is 0.224 e. The van der Waals surface area contributed by atoms with Gasteiger partial charge in [-0.3, -0.25) is 4.79 Å². The minimum atomic E-state index is -0.266. The minimum Gasteiger partial charge on any atom is -0.345 e. The van der Waals surface area contributed by atoms with E-state index in [1.54, 1.807) is 12.1 Å². The number of carbonyl (C=O) groups is 1. The third kappa shape index (κ3) is 4.71. The Bertz CT molecular complexity index is 661. The average Bonchev–Trinajstić information content (AvgIpc) is 2.56. The van der Waals surface area contributed by atoms with E-state index in [2.05, 4.69) is 10.6 Å². The standard InChI is InChI=1S/C18H20Cl2N2O/c1-12(11-21-2)18(23)22-17(13-6-4-3-5-7-13)14-8-9-15(19)16(20)10-14/h3-10,12,17,21H,11H2,1-2H3,(H,22,23). The Kier molecular flexibility index (Phi) is 6.46. The highest BCUT2D eigenvalue weighted by molar-refractivity contribution is 6.42. The van der Waals surface area contributed by atoms with Crippen LogP contribution in [0.4, 0.5) is 0 Å². The largest absolute Gasteiger partial charge is 0.345 e. The van der Waals surface area contributed by atoms with Crippen LogP contribution in [-0.2, 0) is 4.79 Å². The molecule has 5 heteroatoms. The van der Waals surface area contributed by atoms with Crippen LogP contribution in [0.25, 0.3) is 0 Å². The maximum atomic E-state index is 12.4. The first-order chi connectivity index (χ1) is 11.0. The summed E-state index contributed by atoms with van der Waals surface area (Å²) in [6, 6.07) is 15.0. The predicted octanol–water partition coefficient (Wildman–Crippen LogP) is 4.05. The topological polar surface area (TPSA) is 41.1 Å². The monoisotopic (exact) mass is 350 g/mol. The molecule has 2 aromatic rings. The first-order valence-corrected chi connectivity index (χ1v) is 8.23. The summed E-state index contributed by atoms with van der Waals surface area (Å²) < 4.78 is 0. The Morgan fingerprint density at radius 3 is 2.35 bits per heavy atom. The Labute approximate surface area is 147 Å². The lowest BCUT2D eigenvalue weighted by atomic mass is 9.97. The molecule has 2 unspecified atom stereocenters. The van der Waals surface area contributed by atoms with Crippen molar-refractivity contribution in [3.8, 4) is 0 Å². The molecule has 2 aromatic carbocycles. The van der Waals surface area contributed by atoms with Gasteiger partial charge in [-0.05, 0) is 30.3 Å². The first kappa shape index (κ1) is 17.8. The summed E-state index contributed by atoms with van der Waals surface area (Å²) in [4.78, 5) is 12.4. The van der Waals surface area contributed by atoms with Gasteiger partial charge in [0.2, 0.25) is 5.91 Å². The van der Waals surface area contributed by atoms with Gasteiger partial charge in [-0.15, -0.1) is 0 Å². The second kappa shape index (κ2) is 8.34. The molecule has 0 saturated heterocycles. The Morgan fingerprint density at radius 2 is 1.74 bits per heavy atom. The molecule has 1 amide bonds. The molecule has 0 aliphatic rings. The number of nitrogens with one attached hydrogen (secondary N) is 2. The van der Waals surface area contributed by atoms with Crippen LogP contribution in [-0.4, -0.2) is 19.5 Å². The molecule has 0 heterocycles. The fourth-order valence-electron chi connectivity index (χ4n) is 2.38. The molecule has 122 valence electrons. The maximum Gasteiger partial charge on any atom is 0.224 e. The number of rotatable bonds is 6. The number of carbonyl (C=O) groups excluding carboxylic acids is 1. The normalized spacial score (nSPS) is 13.4. The molecule has 0 aromatic heterocycles. The minimum absolute atomic E-state index is 0.0146. The summed E-state index contributed by atoms with van der Waals surface area (Å²) in [5.41, 5.74) is 1.89. The first-order valence-electron chi connectivity index (χ1n) is 7.47. The number of amides is 1. The molecule has 3 nitrogen and oxygen atoms in total. The van der Waals surface area contributed by atoms with Gasteiger partial charge in [0, 0.05) is 12.5 Å². The van der Waals surface area contributed by atoms with E-state index in [0.717, 1.165) is 11.1 Å². The van der Waals surface area contributed by atoms with Gasteiger partial charge in [0.05, 0.1) is 16.1 Å². The van der Waals surface area contributed by atoms with E-state index < -0.39 is 0 Å². The van der Waals surface area contributed by atoms with Crippen molar-refractivity contribution in [1.29, 1.82) is 0 Å². The van der Waals surface area contributed by atoms with Crippen molar-refractivity contribution in [3.05, 3.63) is 69.7 Å². The van der Waals surface area contributed by atoms with Crippen LogP contribution in [0.3, 0.4) is 0 Å². The van der Waals surface area contributed by atoms with E-state index in [-0.39, 0.29) is 17.9 Å². The highest BCUT2D eigenvalue weighted by Gasteiger charge is 2.20. The number of hydrogen-bond donors (Lipinski definition) is 2. The summed E-state index contributed by atoms with van der Waals surface area (Å²) in [5, 5.41) is 7.09. The fraction of sp³-hybridized carbons (Fsp3) is 0.278. The van der Waals surface area contributed by atoms with Crippen molar-refractivity contribution in [2.24, 2.45) is 5.92 Å². The summed E-state index contributed by atoms with van der Waals surface area (Å²) in [6.07, 6.45) is 0. The molecular weight excluding hydrogens is 331 g/mol. The fourth-order valence-corrected chi connectivity index (χ4v) is 2.69. The molecule has 23 heavy (non-hydrogen) atoms. The van der Waals surface area contributed by atoms with E-state index in [1.165, 1.54) is 0 Å². The molecule has 2 atom stereocenters. The van der Waals surface area contributed by atoms with Crippen molar-refractivity contribution in [2.75, 3.05) is 13.6 Å². The number of hydrogen-bond acceptors (Lipinski definition) is 2. The van der Waals surface area contributed by atoms with Crippen molar-refractivity contribution in [3.63, 3.8) is 0 Å². The number of benzene rings is 2. The van der Waals surface area contributed by atoms with E-state index in [1.807, 2.05) is 50.4 Å². The molecule has 2 N–H and O–H groups in total. The molecule has 0 fully saturated rings. The quantitative estimate of drug-likeness (QED) is 0.824. The Morgan fingerprint density at radius 1 is 1.04 bits per heavy atom. The van der Waals surface area contributed by atoms with E-state index in [4.69, 9.17) is 23.2 Å². The van der Waals surface area contributed by atoms with Crippen LogP contribution in [0.1, 0.15) is 24.1 Å². The maximum absolute atomic E-state index is 12.4. The molecule has 2 rings (SSSR count). The van der Waals surface area contributed by atoms with Crippen molar-refractivity contribution in [2.45, 2.75) is 13.0 Å². The van der Waals surface area contributed by atoms with Gasteiger partial charge in [-0.25, -0.2) is 0 Å². The van der Waals surface area contributed by atoms with Gasteiger partial charge >= 0.3 is 0 Å². The molecule has 0 saturated carbocycles. The van der Waals surface area contributed by atoms with Gasteiger partial charge in [0.25, 0.3) is 0 Å². The van der Waals surface area contributed by atoms with Crippen molar-refractivity contribution in [1.82, 2.24) is 10.6 Å². The molecule has 0 aliphatic carbocycles. The summed E-state index contributed by atoms with van der Waals surface area (Å²) in [7, 11) is 1.83. The SMILES string of the molecule is CNCC(C)C(=O)NC(c1ccccc1)c1ccc(Cl)c(Cl)c1. The van der Waals surface area contributed by atoms with Crippen LogP contribution >= 0.6 is 23.2 Å². The molecular formula is C18H20Cl2N2O. The summed E-state index contributed by atoms with van der Waals surface area (Å²) in [5.74, 6) is -0.145. The van der Waals surface area contributed by atoms with Crippen LogP contribution < -0.4 is 10.6 Å². The van der Waals surface area contributed by atoms with Crippen LogP contribution in [0.2, 0.25) is 10.0 Å². The van der Waals surface area contributed by atoms with E-state index in [9.17, 15) is 4.79 Å². The third-order valence-electron chi connectivity index (χ3n) is 3.65. The van der Waals surface area contributed by atoms with Gasteiger partial charge in [-0.2, -0.15) is 0 Å². The molecule has 0 spiro atoms. The van der Waals surface area contributed by atoms with Crippen molar-refractivity contribution < 1.29 is 4.79 Å². The lowest BCUT2D eigenvalue weighted by Gasteiger charge is -2.22. The van der Waals surface area contributed by atoms with Gasteiger partial charge in [-0.1, -0.05) is 66.5 Å². The second-order valence-corrected chi connectivity index (χ2v) is 6.30. The molecule has 0 radical (unpaired) electrons.